The topological polar surface area (TPSA) is 76.0 Å². The molecule has 30 heavy (non-hydrogen) atoms. The number of hydrogen-bond acceptors (Lipinski definition) is 3. The van der Waals surface area contributed by atoms with Gasteiger partial charge >= 0.3 is 0 Å². The van der Waals surface area contributed by atoms with Crippen LogP contribution in [0.2, 0.25) is 0 Å². The van der Waals surface area contributed by atoms with Crippen molar-refractivity contribution < 1.29 is 9.59 Å². The molecule has 0 fully saturated rings. The molecule has 1 aliphatic rings. The normalized spacial score (nSPS) is 12.9. The predicted molar refractivity (Wildman–Crippen MR) is 121 cm³/mol. The molecule has 0 unspecified atom stereocenters. The summed E-state index contributed by atoms with van der Waals surface area (Å²) in [4.78, 5) is 24.6. The lowest BCUT2D eigenvalue weighted by molar-refractivity contribution is -0.115. The lowest BCUT2D eigenvalue weighted by Crippen LogP contribution is -2.15. The van der Waals surface area contributed by atoms with E-state index in [1.165, 1.54) is 0 Å². The van der Waals surface area contributed by atoms with Crippen LogP contribution < -0.4 is 10.6 Å². The number of carbonyl (C=O) groups excluding carboxylic acids is 2. The van der Waals surface area contributed by atoms with E-state index in [0.717, 1.165) is 47.1 Å². The molecule has 2 aromatic carbocycles. The predicted octanol–water partition coefficient (Wildman–Crippen LogP) is 5.11. The largest absolute Gasteiger partial charge is 0.326 e. The number of nitrogens with one attached hydrogen (secondary N) is 2. The second-order valence-corrected chi connectivity index (χ2v) is 8.22. The van der Waals surface area contributed by atoms with Crippen molar-refractivity contribution in [1.29, 1.82) is 0 Å². The summed E-state index contributed by atoms with van der Waals surface area (Å²) in [6.45, 7) is 1.80. The Bertz CT molecular complexity index is 1090. The monoisotopic (exact) mass is 466 g/mol. The summed E-state index contributed by atoms with van der Waals surface area (Å²) in [7, 11) is 0. The van der Waals surface area contributed by atoms with Gasteiger partial charge < -0.3 is 10.6 Å². The average Bonchev–Trinajstić information content (AvgIpc) is 3.15. The number of halogens is 1. The van der Waals surface area contributed by atoms with Crippen LogP contribution in [0.4, 0.5) is 11.4 Å². The Morgan fingerprint density at radius 2 is 1.73 bits per heavy atom. The molecule has 6 nitrogen and oxygen atoms in total. The van der Waals surface area contributed by atoms with E-state index in [2.05, 4.69) is 26.6 Å². The molecule has 3 aromatic rings. The number of fused-ring (bicyclic) bond motifs is 1. The Kier molecular flexibility index (Phi) is 5.99. The van der Waals surface area contributed by atoms with Gasteiger partial charge in [0.1, 0.15) is 0 Å². The molecule has 0 saturated carbocycles. The summed E-state index contributed by atoms with van der Waals surface area (Å²) in [5.74, 6) is -0.260. The van der Waals surface area contributed by atoms with Crippen LogP contribution in [0.5, 0.6) is 0 Å². The number of aromatic nitrogens is 2. The van der Waals surface area contributed by atoms with Crippen LogP contribution in [0, 0.1) is 0 Å². The maximum atomic E-state index is 13.0. The molecule has 4 rings (SSSR count). The van der Waals surface area contributed by atoms with Gasteiger partial charge in [-0.05, 0) is 68.1 Å². The SMILES string of the molecule is CCC(=O)Nc1ccc(NC(=O)c2nn(-c3cccc(Br)c3)c3c2CCCC3)cc1. The third-order valence-electron chi connectivity index (χ3n) is 5.20. The second-order valence-electron chi connectivity index (χ2n) is 7.31. The number of carbonyl (C=O) groups is 2. The molecule has 154 valence electrons. The van der Waals surface area contributed by atoms with Crippen molar-refractivity contribution in [3.63, 3.8) is 0 Å². The lowest BCUT2D eigenvalue weighted by Gasteiger charge is -2.14. The van der Waals surface area contributed by atoms with Crippen molar-refractivity contribution in [2.24, 2.45) is 0 Å². The number of hydrogen-bond donors (Lipinski definition) is 2. The third-order valence-corrected chi connectivity index (χ3v) is 5.69. The first kappa shape index (κ1) is 20.3. The van der Waals surface area contributed by atoms with Crippen LogP contribution in [0.1, 0.15) is 47.9 Å². The van der Waals surface area contributed by atoms with Crippen molar-refractivity contribution in [3.05, 3.63) is 70.0 Å². The fraction of sp³-hybridized carbons (Fsp3) is 0.261. The van der Waals surface area contributed by atoms with E-state index in [-0.39, 0.29) is 11.8 Å². The van der Waals surface area contributed by atoms with Gasteiger partial charge in [0, 0.05) is 33.5 Å². The number of rotatable bonds is 5. The van der Waals surface area contributed by atoms with Gasteiger partial charge in [0.05, 0.1) is 5.69 Å². The van der Waals surface area contributed by atoms with Crippen molar-refractivity contribution in [1.82, 2.24) is 9.78 Å². The smallest absolute Gasteiger partial charge is 0.276 e. The van der Waals surface area contributed by atoms with Crippen LogP contribution in [-0.4, -0.2) is 21.6 Å². The number of benzene rings is 2. The highest BCUT2D eigenvalue weighted by Gasteiger charge is 2.25. The summed E-state index contributed by atoms with van der Waals surface area (Å²) in [6.07, 6.45) is 4.34. The van der Waals surface area contributed by atoms with E-state index in [1.807, 2.05) is 28.9 Å². The molecule has 0 spiro atoms. The minimum atomic E-state index is -0.216. The molecular formula is C23H23BrN4O2. The lowest BCUT2D eigenvalue weighted by atomic mass is 9.95. The molecule has 1 aromatic heterocycles. The summed E-state index contributed by atoms with van der Waals surface area (Å²) >= 11 is 3.51. The third kappa shape index (κ3) is 4.31. The van der Waals surface area contributed by atoms with Crippen LogP contribution in [0.25, 0.3) is 5.69 Å². The highest BCUT2D eigenvalue weighted by Crippen LogP contribution is 2.28. The Morgan fingerprint density at radius 1 is 1.03 bits per heavy atom. The minimum absolute atomic E-state index is 0.0449. The standard InChI is InChI=1S/C23H23BrN4O2/c1-2-21(29)25-16-10-12-17(13-11-16)26-23(30)22-19-8-3-4-9-20(19)28(27-22)18-7-5-6-15(24)14-18/h5-7,10-14H,2-4,8-9H2,1H3,(H,25,29)(H,26,30). The summed E-state index contributed by atoms with van der Waals surface area (Å²) in [6, 6.07) is 15.1. The van der Waals surface area contributed by atoms with Crippen molar-refractivity contribution >= 4 is 39.1 Å². The molecule has 0 bridgehead atoms. The van der Waals surface area contributed by atoms with Gasteiger partial charge in [0.25, 0.3) is 5.91 Å². The molecule has 0 aliphatic heterocycles. The number of nitrogens with zero attached hydrogens (tertiary/aromatic N) is 2. The number of anilines is 2. The van der Waals surface area contributed by atoms with Gasteiger partial charge in [0.15, 0.2) is 5.69 Å². The first-order chi connectivity index (χ1) is 14.5. The minimum Gasteiger partial charge on any atom is -0.326 e. The van der Waals surface area contributed by atoms with Gasteiger partial charge in [-0.1, -0.05) is 28.9 Å². The van der Waals surface area contributed by atoms with Crippen molar-refractivity contribution in [2.45, 2.75) is 39.0 Å². The van der Waals surface area contributed by atoms with Gasteiger partial charge in [-0.15, -0.1) is 0 Å². The summed E-state index contributed by atoms with van der Waals surface area (Å²) in [5, 5.41) is 10.4. The maximum absolute atomic E-state index is 13.0. The van der Waals surface area contributed by atoms with Gasteiger partial charge in [-0.25, -0.2) is 4.68 Å². The van der Waals surface area contributed by atoms with Crippen molar-refractivity contribution in [2.75, 3.05) is 10.6 Å². The van der Waals surface area contributed by atoms with E-state index in [9.17, 15) is 9.59 Å². The maximum Gasteiger partial charge on any atom is 0.276 e. The first-order valence-electron chi connectivity index (χ1n) is 10.1. The molecule has 7 heteroatoms. The van der Waals surface area contributed by atoms with E-state index in [4.69, 9.17) is 5.10 Å². The zero-order valence-electron chi connectivity index (χ0n) is 16.7. The van der Waals surface area contributed by atoms with Crippen LogP contribution in [0.15, 0.2) is 53.0 Å². The van der Waals surface area contributed by atoms with Crippen molar-refractivity contribution in [3.8, 4) is 5.69 Å². The molecular weight excluding hydrogens is 444 g/mol. The summed E-state index contributed by atoms with van der Waals surface area (Å²) in [5.41, 5.74) is 4.94. The fourth-order valence-corrected chi connectivity index (χ4v) is 4.07. The van der Waals surface area contributed by atoms with Gasteiger partial charge in [-0.3, -0.25) is 9.59 Å². The van der Waals surface area contributed by atoms with Gasteiger partial charge in [0.2, 0.25) is 5.91 Å². The Morgan fingerprint density at radius 3 is 2.43 bits per heavy atom. The highest BCUT2D eigenvalue weighted by molar-refractivity contribution is 9.10. The van der Waals surface area contributed by atoms with Crippen LogP contribution >= 0.6 is 15.9 Å². The molecule has 1 heterocycles. The zero-order chi connectivity index (χ0) is 21.1. The average molecular weight is 467 g/mol. The van der Waals surface area contributed by atoms with E-state index in [0.29, 0.717) is 23.5 Å². The quantitative estimate of drug-likeness (QED) is 0.547. The molecule has 2 amide bonds. The molecule has 2 N–H and O–H groups in total. The Hall–Kier alpha value is -2.93. The Labute approximate surface area is 183 Å². The zero-order valence-corrected chi connectivity index (χ0v) is 18.3. The fourth-order valence-electron chi connectivity index (χ4n) is 3.68. The highest BCUT2D eigenvalue weighted by atomic mass is 79.9. The molecule has 0 saturated heterocycles. The van der Waals surface area contributed by atoms with Crippen LogP contribution in [-0.2, 0) is 17.6 Å². The second kappa shape index (κ2) is 8.83. The van der Waals surface area contributed by atoms with E-state index in [1.54, 1.807) is 31.2 Å². The molecule has 1 aliphatic carbocycles. The van der Waals surface area contributed by atoms with Crippen LogP contribution in [0.3, 0.4) is 0 Å². The summed E-state index contributed by atoms with van der Waals surface area (Å²) < 4.78 is 2.87. The van der Waals surface area contributed by atoms with E-state index >= 15 is 0 Å². The van der Waals surface area contributed by atoms with Gasteiger partial charge in [-0.2, -0.15) is 5.10 Å². The number of amides is 2. The first-order valence-corrected chi connectivity index (χ1v) is 10.9. The molecule has 0 atom stereocenters. The Balaban J connectivity index is 1.59. The van der Waals surface area contributed by atoms with E-state index < -0.39 is 0 Å². The molecule has 0 radical (unpaired) electrons.